The third-order valence-electron chi connectivity index (χ3n) is 5.19. The first-order chi connectivity index (χ1) is 15.1. The molecular weight excluding hydrogens is 397 g/mol. The number of pyridine rings is 1. The molecular formula is C22H16FN7O. The summed E-state index contributed by atoms with van der Waals surface area (Å²) in [6, 6.07) is 10.3. The van der Waals surface area contributed by atoms with Gasteiger partial charge in [-0.25, -0.2) is 19.3 Å². The van der Waals surface area contributed by atoms with Crippen LogP contribution in [0.4, 0.5) is 4.39 Å². The quantitative estimate of drug-likeness (QED) is 0.447. The highest BCUT2D eigenvalue weighted by molar-refractivity contribution is 5.83. The van der Waals surface area contributed by atoms with Crippen LogP contribution in [-0.2, 0) is 6.54 Å². The maximum absolute atomic E-state index is 14.1. The van der Waals surface area contributed by atoms with Gasteiger partial charge in [-0.2, -0.15) is 10.2 Å². The third-order valence-corrected chi connectivity index (χ3v) is 5.19. The van der Waals surface area contributed by atoms with Crippen LogP contribution in [0.3, 0.4) is 0 Å². The van der Waals surface area contributed by atoms with Crippen molar-refractivity contribution in [2.75, 3.05) is 7.11 Å². The van der Waals surface area contributed by atoms with Crippen LogP contribution in [0, 0.1) is 24.1 Å². The first kappa shape index (κ1) is 18.7. The molecule has 5 rings (SSSR count). The van der Waals surface area contributed by atoms with Crippen LogP contribution in [0.25, 0.3) is 27.9 Å². The summed E-state index contributed by atoms with van der Waals surface area (Å²) in [7, 11) is 1.57. The van der Waals surface area contributed by atoms with Gasteiger partial charge in [0.15, 0.2) is 5.65 Å². The average Bonchev–Trinajstić information content (AvgIpc) is 3.34. The highest BCUT2D eigenvalue weighted by atomic mass is 19.1. The lowest BCUT2D eigenvalue weighted by atomic mass is 10.1. The summed E-state index contributed by atoms with van der Waals surface area (Å²) in [6.07, 6.45) is 5.07. The number of nitriles is 1. The number of imidazole rings is 1. The van der Waals surface area contributed by atoms with Crippen molar-refractivity contribution in [3.05, 3.63) is 71.8 Å². The third kappa shape index (κ3) is 3.05. The second-order valence-electron chi connectivity index (χ2n) is 7.01. The van der Waals surface area contributed by atoms with Gasteiger partial charge in [0.25, 0.3) is 0 Å². The Kier molecular flexibility index (Phi) is 4.33. The molecule has 4 aromatic heterocycles. The minimum absolute atomic E-state index is 0.0237. The molecule has 31 heavy (non-hydrogen) atoms. The molecule has 0 N–H and O–H groups in total. The average molecular weight is 413 g/mol. The zero-order valence-corrected chi connectivity index (χ0v) is 16.7. The lowest BCUT2D eigenvalue weighted by molar-refractivity contribution is 0.401. The minimum Gasteiger partial charge on any atom is -0.479 e. The second kappa shape index (κ2) is 7.18. The monoisotopic (exact) mass is 413 g/mol. The molecule has 0 saturated carbocycles. The Bertz CT molecular complexity index is 1500. The topological polar surface area (TPSA) is 94.4 Å². The Morgan fingerprint density at radius 1 is 1.16 bits per heavy atom. The van der Waals surface area contributed by atoms with Gasteiger partial charge in [-0.3, -0.25) is 0 Å². The molecule has 0 aliphatic rings. The molecule has 0 spiro atoms. The Balaban J connectivity index is 1.63. The van der Waals surface area contributed by atoms with E-state index >= 15 is 0 Å². The van der Waals surface area contributed by atoms with Crippen molar-refractivity contribution in [3.8, 4) is 17.6 Å². The van der Waals surface area contributed by atoms with E-state index in [9.17, 15) is 4.39 Å². The smallest absolute Gasteiger partial charge is 0.241 e. The van der Waals surface area contributed by atoms with E-state index in [0.29, 0.717) is 18.1 Å². The fourth-order valence-corrected chi connectivity index (χ4v) is 3.68. The summed E-state index contributed by atoms with van der Waals surface area (Å²) in [5.41, 5.74) is 4.43. The Morgan fingerprint density at radius 3 is 2.81 bits per heavy atom. The molecule has 0 radical (unpaired) electrons. The number of ether oxygens (including phenoxy) is 1. The highest BCUT2D eigenvalue weighted by Gasteiger charge is 2.15. The fourth-order valence-electron chi connectivity index (χ4n) is 3.68. The number of hydrogen-bond acceptors (Lipinski definition) is 6. The fraction of sp³-hybridized carbons (Fsp3) is 0.136. The van der Waals surface area contributed by atoms with Gasteiger partial charge in [0.2, 0.25) is 5.88 Å². The predicted octanol–water partition coefficient (Wildman–Crippen LogP) is 3.54. The number of aromatic nitrogens is 6. The Hall–Kier alpha value is -4.32. The molecule has 9 heteroatoms. The van der Waals surface area contributed by atoms with Gasteiger partial charge in [-0.15, -0.1) is 0 Å². The molecule has 0 fully saturated rings. The van der Waals surface area contributed by atoms with Gasteiger partial charge in [-0.05, 0) is 36.8 Å². The molecule has 0 amide bonds. The lowest BCUT2D eigenvalue weighted by Gasteiger charge is -2.10. The van der Waals surface area contributed by atoms with E-state index in [-0.39, 0.29) is 5.56 Å². The molecule has 152 valence electrons. The SMILES string of the molecule is COc1ncnc2ccn(-c3cnc4nc(C)n(Cc5ccc(C#N)c(F)c5)c4c3)c12. The van der Waals surface area contributed by atoms with E-state index in [1.54, 1.807) is 19.4 Å². The van der Waals surface area contributed by atoms with Crippen LogP contribution < -0.4 is 4.74 Å². The van der Waals surface area contributed by atoms with E-state index < -0.39 is 5.82 Å². The molecule has 0 unspecified atom stereocenters. The summed E-state index contributed by atoms with van der Waals surface area (Å²) in [4.78, 5) is 17.5. The summed E-state index contributed by atoms with van der Waals surface area (Å²) in [5.74, 6) is 0.683. The molecule has 0 aliphatic heterocycles. The number of rotatable bonds is 4. The number of fused-ring (bicyclic) bond motifs is 2. The van der Waals surface area contributed by atoms with Crippen molar-refractivity contribution in [1.82, 2.24) is 29.1 Å². The Labute approximate surface area is 176 Å². The normalized spacial score (nSPS) is 11.2. The van der Waals surface area contributed by atoms with E-state index in [4.69, 9.17) is 10.00 Å². The number of aryl methyl sites for hydroxylation is 1. The lowest BCUT2D eigenvalue weighted by Crippen LogP contribution is -2.04. The van der Waals surface area contributed by atoms with E-state index in [0.717, 1.165) is 33.6 Å². The van der Waals surface area contributed by atoms with Crippen molar-refractivity contribution in [2.24, 2.45) is 0 Å². The van der Waals surface area contributed by atoms with Crippen LogP contribution in [0.5, 0.6) is 5.88 Å². The van der Waals surface area contributed by atoms with Gasteiger partial charge in [0.1, 0.15) is 29.6 Å². The summed E-state index contributed by atoms with van der Waals surface area (Å²) in [6.45, 7) is 2.28. The maximum Gasteiger partial charge on any atom is 0.241 e. The molecule has 8 nitrogen and oxygen atoms in total. The molecule has 4 heterocycles. The maximum atomic E-state index is 14.1. The summed E-state index contributed by atoms with van der Waals surface area (Å²) >= 11 is 0. The first-order valence-corrected chi connectivity index (χ1v) is 9.47. The standard InChI is InChI=1S/C22H16FN7O/c1-13-28-21-19(30(13)11-14-3-4-15(9-24)17(23)7-14)8-16(10-25-21)29-6-5-18-20(29)22(31-2)27-12-26-18/h3-8,10,12H,11H2,1-2H3. The number of benzene rings is 1. The van der Waals surface area contributed by atoms with E-state index in [2.05, 4.69) is 19.9 Å². The molecule has 0 atom stereocenters. The van der Waals surface area contributed by atoms with Crippen LogP contribution in [-0.4, -0.2) is 36.2 Å². The molecule has 0 saturated heterocycles. The summed E-state index contributed by atoms with van der Waals surface area (Å²) in [5, 5.41) is 8.95. The van der Waals surface area contributed by atoms with Crippen molar-refractivity contribution in [3.63, 3.8) is 0 Å². The van der Waals surface area contributed by atoms with Crippen LogP contribution >= 0.6 is 0 Å². The second-order valence-corrected chi connectivity index (χ2v) is 7.01. The van der Waals surface area contributed by atoms with Gasteiger partial charge < -0.3 is 13.9 Å². The van der Waals surface area contributed by atoms with Crippen molar-refractivity contribution < 1.29 is 9.13 Å². The zero-order valence-electron chi connectivity index (χ0n) is 16.7. The van der Waals surface area contributed by atoms with Gasteiger partial charge in [-0.1, -0.05) is 6.07 Å². The van der Waals surface area contributed by atoms with Crippen LogP contribution in [0.15, 0.2) is 49.1 Å². The zero-order chi connectivity index (χ0) is 21.5. The number of hydrogen-bond donors (Lipinski definition) is 0. The largest absolute Gasteiger partial charge is 0.479 e. The molecule has 1 aromatic carbocycles. The van der Waals surface area contributed by atoms with Crippen LogP contribution in [0.1, 0.15) is 17.0 Å². The number of methoxy groups -OCH3 is 1. The number of halogens is 1. The molecule has 0 bridgehead atoms. The predicted molar refractivity (Wildman–Crippen MR) is 111 cm³/mol. The van der Waals surface area contributed by atoms with Crippen LogP contribution in [0.2, 0.25) is 0 Å². The van der Waals surface area contributed by atoms with E-state index in [1.165, 1.54) is 18.5 Å². The Morgan fingerprint density at radius 2 is 2.03 bits per heavy atom. The van der Waals surface area contributed by atoms with E-state index in [1.807, 2.05) is 40.5 Å². The highest BCUT2D eigenvalue weighted by Crippen LogP contribution is 2.27. The molecule has 0 aliphatic carbocycles. The molecule has 5 aromatic rings. The first-order valence-electron chi connectivity index (χ1n) is 9.47. The summed E-state index contributed by atoms with van der Waals surface area (Å²) < 4.78 is 23.4. The minimum atomic E-state index is -0.535. The van der Waals surface area contributed by atoms with Crippen molar-refractivity contribution in [1.29, 1.82) is 5.26 Å². The van der Waals surface area contributed by atoms with Crippen molar-refractivity contribution >= 4 is 22.2 Å². The van der Waals surface area contributed by atoms with Crippen molar-refractivity contribution in [2.45, 2.75) is 13.5 Å². The van der Waals surface area contributed by atoms with Gasteiger partial charge >= 0.3 is 0 Å². The van der Waals surface area contributed by atoms with Gasteiger partial charge in [0, 0.05) is 12.7 Å². The van der Waals surface area contributed by atoms with Gasteiger partial charge in [0.05, 0.1) is 35.6 Å². The number of nitrogens with zero attached hydrogens (tertiary/aromatic N) is 7.